The minimum Gasteiger partial charge on any atom is -0.314 e. The van der Waals surface area contributed by atoms with Crippen molar-refractivity contribution in [1.29, 1.82) is 0 Å². The number of pyridine rings is 1. The van der Waals surface area contributed by atoms with Gasteiger partial charge in [0.05, 0.1) is 0 Å². The lowest BCUT2D eigenvalue weighted by Crippen LogP contribution is -2.45. The lowest BCUT2D eigenvalue weighted by atomic mass is 10.0. The van der Waals surface area contributed by atoms with Crippen molar-refractivity contribution in [2.75, 3.05) is 19.6 Å². The van der Waals surface area contributed by atoms with Crippen LogP contribution in [0.5, 0.6) is 0 Å². The van der Waals surface area contributed by atoms with E-state index in [4.69, 9.17) is 11.6 Å². The first-order chi connectivity index (χ1) is 10.2. The molecule has 118 valence electrons. The molecule has 1 atom stereocenters. The van der Waals surface area contributed by atoms with Crippen molar-refractivity contribution in [3.05, 3.63) is 64.7 Å². The van der Waals surface area contributed by atoms with Crippen LogP contribution in [0.1, 0.15) is 17.2 Å². The van der Waals surface area contributed by atoms with E-state index in [1.807, 2.05) is 12.3 Å². The summed E-state index contributed by atoms with van der Waals surface area (Å²) in [6, 6.07) is 8.77. The van der Waals surface area contributed by atoms with Gasteiger partial charge in [0.15, 0.2) is 0 Å². The summed E-state index contributed by atoms with van der Waals surface area (Å²) in [6.45, 7) is 3.31. The second-order valence-corrected chi connectivity index (χ2v) is 5.62. The molecule has 6 heteroatoms. The minimum atomic E-state index is -0.248. The molecule has 1 unspecified atom stereocenters. The zero-order chi connectivity index (χ0) is 14.7. The number of rotatable bonds is 3. The van der Waals surface area contributed by atoms with E-state index >= 15 is 0 Å². The lowest BCUT2D eigenvalue weighted by Gasteiger charge is -2.36. The second-order valence-electron chi connectivity index (χ2n) is 5.21. The molecular formula is C16H18Cl2FN3. The third-order valence-corrected chi connectivity index (χ3v) is 4.17. The summed E-state index contributed by atoms with van der Waals surface area (Å²) in [5.74, 6) is -0.248. The molecule has 2 heterocycles. The highest BCUT2D eigenvalue weighted by atomic mass is 35.5. The molecule has 0 amide bonds. The highest BCUT2D eigenvalue weighted by Crippen LogP contribution is 2.26. The van der Waals surface area contributed by atoms with Crippen LogP contribution >= 0.6 is 24.0 Å². The van der Waals surface area contributed by atoms with Crippen molar-refractivity contribution >= 4 is 24.0 Å². The third-order valence-electron chi connectivity index (χ3n) is 3.80. The highest BCUT2D eigenvalue weighted by Gasteiger charge is 2.24. The van der Waals surface area contributed by atoms with E-state index in [-0.39, 0.29) is 24.3 Å². The number of hydrogen-bond acceptors (Lipinski definition) is 3. The summed E-state index contributed by atoms with van der Waals surface area (Å²) >= 11 is 6.19. The van der Waals surface area contributed by atoms with Crippen LogP contribution in [-0.4, -0.2) is 29.5 Å². The normalized spacial score (nSPS) is 18.7. The average Bonchev–Trinajstić information content (AvgIpc) is 2.52. The number of nitrogens with one attached hydrogen (secondary N) is 1. The smallest absolute Gasteiger partial charge is 0.123 e. The molecule has 1 aliphatic rings. The number of aromatic nitrogens is 1. The SMILES string of the molecule is Cl.Fc1ccc(Cl)c(CN2CCNCC2c2cccnc2)c1. The van der Waals surface area contributed by atoms with Crippen LogP contribution in [0.3, 0.4) is 0 Å². The van der Waals surface area contributed by atoms with Crippen LogP contribution in [0.15, 0.2) is 42.7 Å². The van der Waals surface area contributed by atoms with Gasteiger partial charge in [0.2, 0.25) is 0 Å². The van der Waals surface area contributed by atoms with Gasteiger partial charge in [0.25, 0.3) is 0 Å². The monoisotopic (exact) mass is 341 g/mol. The molecule has 3 nitrogen and oxygen atoms in total. The van der Waals surface area contributed by atoms with E-state index in [1.165, 1.54) is 12.1 Å². The Morgan fingerprint density at radius 2 is 2.23 bits per heavy atom. The molecular weight excluding hydrogens is 324 g/mol. The number of benzene rings is 1. The van der Waals surface area contributed by atoms with E-state index in [2.05, 4.69) is 21.3 Å². The molecule has 1 aromatic heterocycles. The molecule has 3 rings (SSSR count). The fraction of sp³-hybridized carbons (Fsp3) is 0.312. The van der Waals surface area contributed by atoms with E-state index in [1.54, 1.807) is 12.3 Å². The van der Waals surface area contributed by atoms with Gasteiger partial charge in [-0.2, -0.15) is 0 Å². The molecule has 22 heavy (non-hydrogen) atoms. The molecule has 1 N–H and O–H groups in total. The standard InChI is InChI=1S/C16H17ClFN3.ClH/c17-15-4-3-14(18)8-13(15)11-21-7-6-20-10-16(21)12-2-1-5-19-9-12;/h1-5,8-9,16,20H,6-7,10-11H2;1H. The summed E-state index contributed by atoms with van der Waals surface area (Å²) in [5.41, 5.74) is 1.99. The Labute approximate surface area is 140 Å². The minimum absolute atomic E-state index is 0. The zero-order valence-electron chi connectivity index (χ0n) is 12.0. The molecule has 0 saturated carbocycles. The third kappa shape index (κ3) is 3.96. The fourth-order valence-corrected chi connectivity index (χ4v) is 2.90. The number of hydrogen-bond donors (Lipinski definition) is 1. The van der Waals surface area contributed by atoms with Gasteiger partial charge in [-0.1, -0.05) is 17.7 Å². The molecule has 0 aliphatic carbocycles. The topological polar surface area (TPSA) is 28.2 Å². The number of piperazine rings is 1. The quantitative estimate of drug-likeness (QED) is 0.926. The first-order valence-corrected chi connectivity index (χ1v) is 7.40. The number of nitrogens with zero attached hydrogens (tertiary/aromatic N) is 2. The molecule has 0 bridgehead atoms. The molecule has 0 spiro atoms. The van der Waals surface area contributed by atoms with Gasteiger partial charge in [0, 0.05) is 49.6 Å². The average molecular weight is 342 g/mol. The highest BCUT2D eigenvalue weighted by molar-refractivity contribution is 6.31. The maximum Gasteiger partial charge on any atom is 0.123 e. The van der Waals surface area contributed by atoms with Crippen molar-refractivity contribution in [3.63, 3.8) is 0 Å². The van der Waals surface area contributed by atoms with Crippen LogP contribution in [0.25, 0.3) is 0 Å². The Bertz CT molecular complexity index is 610. The Kier molecular flexibility index (Phi) is 6.15. The maximum absolute atomic E-state index is 13.4. The van der Waals surface area contributed by atoms with Crippen molar-refractivity contribution in [3.8, 4) is 0 Å². The lowest BCUT2D eigenvalue weighted by molar-refractivity contribution is 0.153. The number of halogens is 3. The van der Waals surface area contributed by atoms with Gasteiger partial charge in [0.1, 0.15) is 5.82 Å². The Morgan fingerprint density at radius 1 is 1.36 bits per heavy atom. The van der Waals surface area contributed by atoms with Gasteiger partial charge in [-0.15, -0.1) is 12.4 Å². The predicted molar refractivity (Wildman–Crippen MR) is 88.9 cm³/mol. The maximum atomic E-state index is 13.4. The van der Waals surface area contributed by atoms with Crippen molar-refractivity contribution in [2.24, 2.45) is 0 Å². The first-order valence-electron chi connectivity index (χ1n) is 7.02. The molecule has 1 aliphatic heterocycles. The Morgan fingerprint density at radius 3 is 3.00 bits per heavy atom. The van der Waals surface area contributed by atoms with Gasteiger partial charge in [-0.05, 0) is 35.4 Å². The van der Waals surface area contributed by atoms with E-state index in [0.29, 0.717) is 11.6 Å². The van der Waals surface area contributed by atoms with Crippen molar-refractivity contribution in [1.82, 2.24) is 15.2 Å². The largest absolute Gasteiger partial charge is 0.314 e. The zero-order valence-corrected chi connectivity index (χ0v) is 13.6. The Hall–Kier alpha value is -1.20. The van der Waals surface area contributed by atoms with Gasteiger partial charge in [-0.25, -0.2) is 4.39 Å². The molecule has 1 fully saturated rings. The van der Waals surface area contributed by atoms with Crippen LogP contribution in [0, 0.1) is 5.82 Å². The summed E-state index contributed by atoms with van der Waals surface area (Å²) in [6.07, 6.45) is 3.66. The first kappa shape index (κ1) is 17.2. The second kappa shape index (κ2) is 7.88. The van der Waals surface area contributed by atoms with E-state index in [9.17, 15) is 4.39 Å². The molecule has 0 radical (unpaired) electrons. The van der Waals surface area contributed by atoms with Gasteiger partial charge >= 0.3 is 0 Å². The predicted octanol–water partition coefficient (Wildman–Crippen LogP) is 3.44. The van der Waals surface area contributed by atoms with Crippen LogP contribution < -0.4 is 5.32 Å². The molecule has 2 aromatic rings. The van der Waals surface area contributed by atoms with Crippen molar-refractivity contribution < 1.29 is 4.39 Å². The summed E-state index contributed by atoms with van der Waals surface area (Å²) < 4.78 is 13.4. The van der Waals surface area contributed by atoms with Crippen LogP contribution in [0.4, 0.5) is 4.39 Å². The van der Waals surface area contributed by atoms with Crippen molar-refractivity contribution in [2.45, 2.75) is 12.6 Å². The molecule has 1 aromatic carbocycles. The van der Waals surface area contributed by atoms with Gasteiger partial charge in [-0.3, -0.25) is 9.88 Å². The summed E-state index contributed by atoms with van der Waals surface area (Å²) in [5, 5.41) is 4.01. The summed E-state index contributed by atoms with van der Waals surface area (Å²) in [7, 11) is 0. The van der Waals surface area contributed by atoms with E-state index in [0.717, 1.165) is 30.8 Å². The molecule has 1 saturated heterocycles. The summed E-state index contributed by atoms with van der Waals surface area (Å²) in [4.78, 5) is 6.51. The van der Waals surface area contributed by atoms with Gasteiger partial charge < -0.3 is 5.32 Å². The van der Waals surface area contributed by atoms with Crippen LogP contribution in [-0.2, 0) is 6.54 Å². The van der Waals surface area contributed by atoms with Crippen LogP contribution in [0.2, 0.25) is 5.02 Å². The van der Waals surface area contributed by atoms with E-state index < -0.39 is 0 Å². The Balaban J connectivity index is 0.00000176. The fourth-order valence-electron chi connectivity index (χ4n) is 2.72.